The van der Waals surface area contributed by atoms with Crippen LogP contribution in [0.15, 0.2) is 71.7 Å². The van der Waals surface area contributed by atoms with Gasteiger partial charge in [-0.05, 0) is 72.2 Å². The summed E-state index contributed by atoms with van der Waals surface area (Å²) < 4.78 is 13.9. The average molecular weight is 438 g/mol. The predicted molar refractivity (Wildman–Crippen MR) is 135 cm³/mol. The molecule has 1 nitrogen and oxygen atoms in total. The second-order valence-electron chi connectivity index (χ2n) is 7.39. The van der Waals surface area contributed by atoms with Crippen molar-refractivity contribution >= 4 is 23.1 Å². The lowest BCUT2D eigenvalue weighted by Gasteiger charge is -2.02. The molecule has 0 unspecified atom stereocenters. The van der Waals surface area contributed by atoms with Crippen LogP contribution in [-0.4, -0.2) is 5.16 Å². The molecule has 0 aliphatic carbocycles. The van der Waals surface area contributed by atoms with Crippen molar-refractivity contribution in [2.24, 2.45) is 4.99 Å². The zero-order valence-electron chi connectivity index (χ0n) is 18.1. The van der Waals surface area contributed by atoms with Crippen LogP contribution in [0.5, 0.6) is 0 Å². The van der Waals surface area contributed by atoms with Gasteiger partial charge in [-0.1, -0.05) is 74.1 Å². The standard InChI is InChI=1S/C29H24FNS/c1-2-3-4-5-6-7-8-23-11-16-26(17-12-23)27-18-13-24(14-19-27)9-10-25-15-20-29(31-22-32)28(30)21-25/h11-21H,2-6H2,1H3. The highest BCUT2D eigenvalue weighted by molar-refractivity contribution is 7.78. The van der Waals surface area contributed by atoms with Crippen molar-refractivity contribution in [2.75, 3.05) is 0 Å². The number of nitrogens with zero attached hydrogens (tertiary/aromatic N) is 1. The lowest BCUT2D eigenvalue weighted by atomic mass is 10.0. The van der Waals surface area contributed by atoms with Crippen molar-refractivity contribution in [3.63, 3.8) is 0 Å². The molecule has 0 aromatic heterocycles. The molecule has 0 atom stereocenters. The number of isothiocyanates is 1. The maximum atomic E-state index is 13.9. The van der Waals surface area contributed by atoms with E-state index in [4.69, 9.17) is 0 Å². The average Bonchev–Trinajstić information content (AvgIpc) is 2.82. The number of hydrogen-bond acceptors (Lipinski definition) is 2. The molecule has 0 amide bonds. The van der Waals surface area contributed by atoms with Crippen LogP contribution >= 0.6 is 12.2 Å². The topological polar surface area (TPSA) is 12.4 Å². The van der Waals surface area contributed by atoms with Gasteiger partial charge in [-0.25, -0.2) is 4.39 Å². The Morgan fingerprint density at radius 2 is 1.34 bits per heavy atom. The van der Waals surface area contributed by atoms with Gasteiger partial charge in [0.25, 0.3) is 0 Å². The summed E-state index contributed by atoms with van der Waals surface area (Å²) in [7, 11) is 0. The van der Waals surface area contributed by atoms with E-state index in [0.29, 0.717) is 5.56 Å². The molecule has 0 aliphatic heterocycles. The third-order valence-electron chi connectivity index (χ3n) is 4.96. The van der Waals surface area contributed by atoms with Crippen molar-refractivity contribution in [1.82, 2.24) is 0 Å². The van der Waals surface area contributed by atoms with Crippen molar-refractivity contribution in [2.45, 2.75) is 39.0 Å². The number of benzene rings is 3. The quantitative estimate of drug-likeness (QED) is 0.165. The number of aliphatic imine (C=N–C) groups is 1. The molecule has 0 saturated carbocycles. The summed E-state index contributed by atoms with van der Waals surface area (Å²) >= 11 is 4.51. The van der Waals surface area contributed by atoms with Gasteiger partial charge in [0.1, 0.15) is 5.69 Å². The fraction of sp³-hybridized carbons (Fsp3) is 0.207. The Labute approximate surface area is 195 Å². The van der Waals surface area contributed by atoms with E-state index in [1.54, 1.807) is 12.1 Å². The van der Waals surface area contributed by atoms with E-state index in [2.05, 4.69) is 77.2 Å². The Morgan fingerprint density at radius 3 is 1.94 bits per heavy atom. The Kier molecular flexibility index (Phi) is 8.97. The largest absolute Gasteiger partial charge is 0.205 e. The summed E-state index contributed by atoms with van der Waals surface area (Å²) in [6.45, 7) is 2.22. The SMILES string of the molecule is CCCCCCC#Cc1ccc(-c2ccc(C#Cc3ccc(N=C=S)c(F)c3)cc2)cc1. The molecular formula is C29H24FNS. The molecule has 158 valence electrons. The molecule has 3 aromatic rings. The first kappa shape index (κ1) is 23.2. The zero-order valence-corrected chi connectivity index (χ0v) is 18.9. The van der Waals surface area contributed by atoms with E-state index in [0.717, 1.165) is 28.7 Å². The van der Waals surface area contributed by atoms with Crippen molar-refractivity contribution in [1.29, 1.82) is 0 Å². The van der Waals surface area contributed by atoms with Crippen LogP contribution in [0, 0.1) is 29.5 Å². The molecule has 32 heavy (non-hydrogen) atoms. The van der Waals surface area contributed by atoms with Gasteiger partial charge < -0.3 is 0 Å². The van der Waals surface area contributed by atoms with Gasteiger partial charge in [0.2, 0.25) is 0 Å². The van der Waals surface area contributed by atoms with E-state index in [9.17, 15) is 4.39 Å². The Bertz CT molecular complexity index is 1210. The minimum atomic E-state index is -0.464. The molecule has 0 spiro atoms. The highest BCUT2D eigenvalue weighted by atomic mass is 32.1. The Morgan fingerprint density at radius 1 is 0.750 bits per heavy atom. The fourth-order valence-corrected chi connectivity index (χ4v) is 3.26. The summed E-state index contributed by atoms with van der Waals surface area (Å²) in [5, 5.41) is 2.17. The number of rotatable bonds is 6. The normalized spacial score (nSPS) is 9.69. The van der Waals surface area contributed by atoms with E-state index in [1.165, 1.54) is 31.7 Å². The van der Waals surface area contributed by atoms with Crippen LogP contribution < -0.4 is 0 Å². The minimum Gasteiger partial charge on any atom is -0.205 e. The smallest absolute Gasteiger partial charge is 0.150 e. The van der Waals surface area contributed by atoms with E-state index < -0.39 is 5.82 Å². The van der Waals surface area contributed by atoms with Gasteiger partial charge in [-0.15, -0.1) is 0 Å². The maximum Gasteiger partial charge on any atom is 0.150 e. The van der Waals surface area contributed by atoms with Crippen LogP contribution in [0.4, 0.5) is 10.1 Å². The highest BCUT2D eigenvalue weighted by Gasteiger charge is 2.01. The minimum absolute atomic E-state index is 0.166. The number of halogens is 1. The predicted octanol–water partition coefficient (Wildman–Crippen LogP) is 7.95. The molecule has 3 heteroatoms. The number of hydrogen-bond donors (Lipinski definition) is 0. The van der Waals surface area contributed by atoms with Gasteiger partial charge in [0.05, 0.1) is 5.16 Å². The van der Waals surface area contributed by atoms with Gasteiger partial charge in [-0.3, -0.25) is 0 Å². The third-order valence-corrected chi connectivity index (χ3v) is 5.05. The lowest BCUT2D eigenvalue weighted by Crippen LogP contribution is -1.82. The van der Waals surface area contributed by atoms with Crippen LogP contribution in [-0.2, 0) is 0 Å². The summed E-state index contributed by atoms with van der Waals surface area (Å²) in [4.78, 5) is 3.67. The molecule has 3 aromatic carbocycles. The fourth-order valence-electron chi connectivity index (χ4n) is 3.17. The van der Waals surface area contributed by atoms with Gasteiger partial charge in [0.15, 0.2) is 5.82 Å². The molecule has 0 saturated heterocycles. The first-order valence-corrected chi connectivity index (χ1v) is 11.2. The van der Waals surface area contributed by atoms with Crippen LogP contribution in [0.1, 0.15) is 55.7 Å². The van der Waals surface area contributed by atoms with Gasteiger partial charge >= 0.3 is 0 Å². The molecule has 0 heterocycles. The molecule has 0 fully saturated rings. The molecule has 3 rings (SSSR count). The van der Waals surface area contributed by atoms with Gasteiger partial charge in [0, 0.05) is 23.1 Å². The monoisotopic (exact) mass is 437 g/mol. The first-order chi connectivity index (χ1) is 15.7. The van der Waals surface area contributed by atoms with E-state index in [-0.39, 0.29) is 5.69 Å². The summed E-state index contributed by atoms with van der Waals surface area (Å²) in [5.74, 6) is 12.1. The van der Waals surface area contributed by atoms with Crippen molar-refractivity contribution in [3.05, 3.63) is 89.2 Å². The number of unbranched alkanes of at least 4 members (excludes halogenated alkanes) is 4. The van der Waals surface area contributed by atoms with Crippen LogP contribution in [0.3, 0.4) is 0 Å². The second-order valence-corrected chi connectivity index (χ2v) is 7.57. The third kappa shape index (κ3) is 7.04. The number of thiocarbonyl (C=S) groups is 1. The summed E-state index contributed by atoms with van der Waals surface area (Å²) in [5.41, 5.74) is 4.90. The van der Waals surface area contributed by atoms with Gasteiger partial charge in [-0.2, -0.15) is 4.99 Å². The Balaban J connectivity index is 1.63. The van der Waals surface area contributed by atoms with E-state index in [1.807, 2.05) is 24.3 Å². The summed E-state index contributed by atoms with van der Waals surface area (Å²) in [6.07, 6.45) is 5.94. The molecule has 0 N–H and O–H groups in total. The Hall–Kier alpha value is -3.49. The molecule has 0 aliphatic rings. The van der Waals surface area contributed by atoms with Crippen molar-refractivity contribution < 1.29 is 4.39 Å². The van der Waals surface area contributed by atoms with E-state index >= 15 is 0 Å². The maximum absolute atomic E-state index is 13.9. The lowest BCUT2D eigenvalue weighted by molar-refractivity contribution is 0.629. The van der Waals surface area contributed by atoms with Crippen LogP contribution in [0.2, 0.25) is 0 Å². The molecular weight excluding hydrogens is 413 g/mol. The summed E-state index contributed by atoms with van der Waals surface area (Å²) in [6, 6.07) is 20.9. The zero-order chi connectivity index (χ0) is 22.6. The highest BCUT2D eigenvalue weighted by Crippen LogP contribution is 2.21. The molecule has 0 radical (unpaired) electrons. The second kappa shape index (κ2) is 12.4. The van der Waals surface area contributed by atoms with Crippen LogP contribution in [0.25, 0.3) is 11.1 Å². The first-order valence-electron chi connectivity index (χ1n) is 10.8. The molecule has 0 bridgehead atoms. The van der Waals surface area contributed by atoms with Crippen molar-refractivity contribution in [3.8, 4) is 34.8 Å².